The van der Waals surface area contributed by atoms with Gasteiger partial charge < -0.3 is 10.5 Å². The lowest BCUT2D eigenvalue weighted by molar-refractivity contribution is 0.277. The number of methoxy groups -OCH3 is 1. The van der Waals surface area contributed by atoms with E-state index in [4.69, 9.17) is 5.73 Å². The third-order valence-corrected chi connectivity index (χ3v) is 0. The molecule has 0 radical (unpaired) electrons. The second-order valence-electron chi connectivity index (χ2n) is 0.816. The summed E-state index contributed by atoms with van der Waals surface area (Å²) in [5.74, 6) is 0. The molecule has 40 valence electrons. The summed E-state index contributed by atoms with van der Waals surface area (Å²) in [6.07, 6.45) is 0. The normalized spacial score (nSPS) is 6.00. The van der Waals surface area contributed by atoms with Crippen LogP contribution in [0.5, 0.6) is 0 Å². The molecule has 0 heterocycles. The Morgan fingerprint density at radius 1 is 1.50 bits per heavy atom. The van der Waals surface area contributed by atoms with Gasteiger partial charge in [0, 0.05) is 14.2 Å². The second-order valence-corrected chi connectivity index (χ2v) is 0.816. The van der Waals surface area contributed by atoms with Crippen LogP contribution in [0.4, 0.5) is 0 Å². The van der Waals surface area contributed by atoms with Crippen molar-refractivity contribution in [3.8, 4) is 0 Å². The molecule has 2 N–H and O–H groups in total. The summed E-state index contributed by atoms with van der Waals surface area (Å²) in [6.45, 7) is 2.65. The molecule has 0 aromatic carbocycles. The zero-order valence-electron chi connectivity index (χ0n) is 4.69. The van der Waals surface area contributed by atoms with Crippen molar-refractivity contribution >= 4 is 0 Å². The Bertz CT molecular complexity index is 9.51. The van der Waals surface area contributed by atoms with Gasteiger partial charge in [-0.2, -0.15) is 0 Å². The maximum atomic E-state index is 4.85. The van der Waals surface area contributed by atoms with Gasteiger partial charge >= 0.3 is 0 Å². The molecule has 0 rings (SSSR count). The summed E-state index contributed by atoms with van der Waals surface area (Å²) >= 11 is 0. The third-order valence-electron chi connectivity index (χ3n) is 0. The minimum absolute atomic E-state index is 0.750. The first kappa shape index (κ1) is 9.33. The topological polar surface area (TPSA) is 35.2 Å². The van der Waals surface area contributed by atoms with Crippen LogP contribution in [0.1, 0.15) is 6.92 Å². The van der Waals surface area contributed by atoms with Gasteiger partial charge in [0.25, 0.3) is 0 Å². The van der Waals surface area contributed by atoms with Crippen molar-refractivity contribution in [1.82, 2.24) is 0 Å². The molecule has 0 aliphatic rings. The number of rotatable bonds is 0. The highest BCUT2D eigenvalue weighted by Gasteiger charge is 1.32. The molecule has 0 aromatic rings. The van der Waals surface area contributed by atoms with Crippen LogP contribution in [0, 0.1) is 0 Å². The summed E-state index contributed by atoms with van der Waals surface area (Å²) in [7, 11) is 3.25. The van der Waals surface area contributed by atoms with Gasteiger partial charge in [0.2, 0.25) is 0 Å². The van der Waals surface area contributed by atoms with Crippen molar-refractivity contribution in [2.24, 2.45) is 5.73 Å². The van der Waals surface area contributed by atoms with Crippen molar-refractivity contribution < 1.29 is 4.74 Å². The maximum Gasteiger partial charge on any atom is 0.0351 e. The fraction of sp³-hybridized carbons (Fsp3) is 1.00. The van der Waals surface area contributed by atoms with Crippen LogP contribution in [-0.2, 0) is 4.74 Å². The van der Waals surface area contributed by atoms with Crippen molar-refractivity contribution in [3.05, 3.63) is 0 Å². The van der Waals surface area contributed by atoms with Crippen LogP contribution < -0.4 is 5.73 Å². The monoisotopic (exact) mass is 91.1 g/mol. The fourth-order valence-electron chi connectivity index (χ4n) is 0. The van der Waals surface area contributed by atoms with Crippen LogP contribution in [0.15, 0.2) is 0 Å². The average molecular weight is 91.2 g/mol. The Morgan fingerprint density at radius 2 is 1.50 bits per heavy atom. The Labute approximate surface area is 39.3 Å². The van der Waals surface area contributed by atoms with E-state index in [0.717, 1.165) is 6.54 Å². The van der Waals surface area contributed by atoms with Gasteiger partial charge in [-0.3, -0.25) is 0 Å². The molecule has 0 fully saturated rings. The predicted octanol–water partition coefficient (Wildman–Crippen LogP) is 0.228. The van der Waals surface area contributed by atoms with Crippen LogP contribution in [0.2, 0.25) is 0 Å². The van der Waals surface area contributed by atoms with E-state index >= 15 is 0 Å². The van der Waals surface area contributed by atoms with E-state index in [-0.39, 0.29) is 0 Å². The molecule has 0 aromatic heterocycles. The van der Waals surface area contributed by atoms with Crippen LogP contribution >= 0.6 is 0 Å². The molecule has 0 aliphatic carbocycles. The summed E-state index contributed by atoms with van der Waals surface area (Å²) in [5.41, 5.74) is 4.85. The molecule has 0 amide bonds. The standard InChI is InChI=1S/C2H7N.C2H6O/c1-2-3;1-3-2/h2-3H2,1H3;1-2H3. The average Bonchev–Trinajstić information content (AvgIpc) is 1.39. The Balaban J connectivity index is 0. The molecule has 0 spiro atoms. The third kappa shape index (κ3) is 5220. The van der Waals surface area contributed by atoms with Crippen LogP contribution in [-0.4, -0.2) is 20.8 Å². The van der Waals surface area contributed by atoms with E-state index in [0.29, 0.717) is 0 Å². The lowest BCUT2D eigenvalue weighted by Crippen LogP contribution is -1.87. The maximum absolute atomic E-state index is 4.85. The number of nitrogens with two attached hydrogens (primary N) is 1. The number of hydrogen-bond donors (Lipinski definition) is 1. The van der Waals surface area contributed by atoms with Crippen molar-refractivity contribution in [1.29, 1.82) is 0 Å². The van der Waals surface area contributed by atoms with Crippen molar-refractivity contribution in [3.63, 3.8) is 0 Å². The van der Waals surface area contributed by atoms with Crippen LogP contribution in [0.3, 0.4) is 0 Å². The van der Waals surface area contributed by atoms with E-state index in [1.807, 2.05) is 6.92 Å². The largest absolute Gasteiger partial charge is 0.388 e. The zero-order valence-corrected chi connectivity index (χ0v) is 4.69. The lowest BCUT2D eigenvalue weighted by atomic mass is 10.8. The van der Waals surface area contributed by atoms with E-state index in [2.05, 4.69) is 4.74 Å². The van der Waals surface area contributed by atoms with Gasteiger partial charge in [-0.05, 0) is 6.54 Å². The van der Waals surface area contributed by atoms with E-state index in [1.165, 1.54) is 0 Å². The van der Waals surface area contributed by atoms with Gasteiger partial charge in [-0.1, -0.05) is 6.92 Å². The van der Waals surface area contributed by atoms with E-state index < -0.39 is 0 Å². The molecule has 0 saturated carbocycles. The molecular formula is C4H13NO. The Morgan fingerprint density at radius 3 is 1.50 bits per heavy atom. The van der Waals surface area contributed by atoms with Crippen molar-refractivity contribution in [2.75, 3.05) is 20.8 Å². The van der Waals surface area contributed by atoms with Crippen LogP contribution in [0.25, 0.3) is 0 Å². The Hall–Kier alpha value is -0.0800. The fourth-order valence-corrected chi connectivity index (χ4v) is 0. The lowest BCUT2D eigenvalue weighted by Gasteiger charge is -1.61. The molecule has 0 unspecified atom stereocenters. The highest BCUT2D eigenvalue weighted by atomic mass is 16.4. The van der Waals surface area contributed by atoms with Gasteiger partial charge in [-0.25, -0.2) is 0 Å². The first-order valence-electron chi connectivity index (χ1n) is 1.93. The molecule has 2 nitrogen and oxygen atoms in total. The first-order valence-corrected chi connectivity index (χ1v) is 1.93. The SMILES string of the molecule is CCN.COC. The van der Waals surface area contributed by atoms with Gasteiger partial charge in [0.15, 0.2) is 0 Å². The summed E-state index contributed by atoms with van der Waals surface area (Å²) < 4.78 is 4.25. The number of ether oxygens (including phenoxy) is 1. The van der Waals surface area contributed by atoms with Gasteiger partial charge in [0.05, 0.1) is 0 Å². The molecular weight excluding hydrogens is 78.0 g/mol. The first-order chi connectivity index (χ1) is 2.83. The highest BCUT2D eigenvalue weighted by molar-refractivity contribution is 4.00. The predicted molar refractivity (Wildman–Crippen MR) is 27.7 cm³/mol. The second kappa shape index (κ2) is 20.5. The minimum Gasteiger partial charge on any atom is -0.388 e. The summed E-state index contributed by atoms with van der Waals surface area (Å²) in [4.78, 5) is 0. The quantitative estimate of drug-likeness (QED) is 0.463. The molecule has 0 aliphatic heterocycles. The molecule has 6 heavy (non-hydrogen) atoms. The number of hydrogen-bond acceptors (Lipinski definition) is 2. The van der Waals surface area contributed by atoms with E-state index in [9.17, 15) is 0 Å². The van der Waals surface area contributed by atoms with Gasteiger partial charge in [-0.15, -0.1) is 0 Å². The van der Waals surface area contributed by atoms with E-state index in [1.54, 1.807) is 14.2 Å². The zero-order chi connectivity index (χ0) is 5.41. The molecule has 0 bridgehead atoms. The van der Waals surface area contributed by atoms with Crippen molar-refractivity contribution in [2.45, 2.75) is 6.92 Å². The minimum atomic E-state index is 0.750. The summed E-state index contributed by atoms with van der Waals surface area (Å²) in [5, 5.41) is 0. The molecule has 2 heteroatoms. The Kier molecular flexibility index (Phi) is 31.9. The molecule has 0 atom stereocenters. The highest BCUT2D eigenvalue weighted by Crippen LogP contribution is 1.28. The van der Waals surface area contributed by atoms with Gasteiger partial charge in [0.1, 0.15) is 0 Å². The smallest absolute Gasteiger partial charge is 0.0351 e. The summed E-state index contributed by atoms with van der Waals surface area (Å²) in [6, 6.07) is 0. The molecule has 0 saturated heterocycles.